The molecule has 0 radical (unpaired) electrons. The van der Waals surface area contributed by atoms with Crippen LogP contribution in [0.1, 0.15) is 41.4 Å². The highest BCUT2D eigenvalue weighted by Gasteiger charge is 2.29. The van der Waals surface area contributed by atoms with Crippen molar-refractivity contribution in [1.82, 2.24) is 39.8 Å². The number of amides is 1. The van der Waals surface area contributed by atoms with Gasteiger partial charge in [0.05, 0.1) is 32.8 Å². The van der Waals surface area contributed by atoms with Crippen molar-refractivity contribution < 1.29 is 4.79 Å². The minimum Gasteiger partial charge on any atom is -0.349 e. The SMILES string of the molecule is O=C(N[C@H]1CCC[C@@H](n2c(-c3ccccn3)nc3cnc(-n4ccnn4)cc32)C1)c1ccc(Br)s1. The molecular formula is C24H21BrN8OS. The second-order valence-corrected chi connectivity index (χ2v) is 11.0. The number of carbonyl (C=O) groups excluding carboxylic acids is 1. The van der Waals surface area contributed by atoms with Gasteiger partial charge in [0.1, 0.15) is 11.2 Å². The number of nitrogens with one attached hydrogen (secondary N) is 1. The summed E-state index contributed by atoms with van der Waals surface area (Å²) in [6.45, 7) is 0. The summed E-state index contributed by atoms with van der Waals surface area (Å²) in [5.41, 5.74) is 2.56. The van der Waals surface area contributed by atoms with Crippen molar-refractivity contribution >= 4 is 44.2 Å². The van der Waals surface area contributed by atoms with Gasteiger partial charge in [-0.05, 0) is 65.9 Å². The zero-order valence-electron chi connectivity index (χ0n) is 18.6. The summed E-state index contributed by atoms with van der Waals surface area (Å²) in [6, 6.07) is 11.8. The largest absolute Gasteiger partial charge is 0.349 e. The fourth-order valence-corrected chi connectivity index (χ4v) is 6.00. The van der Waals surface area contributed by atoms with Crippen LogP contribution in [-0.2, 0) is 0 Å². The van der Waals surface area contributed by atoms with Gasteiger partial charge in [-0.25, -0.2) is 14.6 Å². The predicted molar refractivity (Wildman–Crippen MR) is 136 cm³/mol. The topological polar surface area (TPSA) is 103 Å². The Balaban J connectivity index is 1.38. The summed E-state index contributed by atoms with van der Waals surface area (Å²) in [5.74, 6) is 1.45. The number of hydrogen-bond donors (Lipinski definition) is 1. The molecule has 1 amide bonds. The van der Waals surface area contributed by atoms with E-state index in [1.165, 1.54) is 11.3 Å². The second kappa shape index (κ2) is 9.31. The first kappa shape index (κ1) is 22.1. The van der Waals surface area contributed by atoms with Crippen LogP contribution in [0.4, 0.5) is 0 Å². The number of aromatic nitrogens is 7. The van der Waals surface area contributed by atoms with Crippen molar-refractivity contribution in [3.63, 3.8) is 0 Å². The molecule has 1 aliphatic rings. The first-order chi connectivity index (χ1) is 17.2. The van der Waals surface area contributed by atoms with Gasteiger partial charge in [-0.2, -0.15) is 0 Å². The van der Waals surface area contributed by atoms with Gasteiger partial charge in [-0.1, -0.05) is 11.3 Å². The Kier molecular flexibility index (Phi) is 5.86. The van der Waals surface area contributed by atoms with E-state index in [0.29, 0.717) is 10.7 Å². The smallest absolute Gasteiger partial charge is 0.261 e. The number of halogens is 1. The minimum atomic E-state index is -0.0237. The van der Waals surface area contributed by atoms with Crippen molar-refractivity contribution in [3.05, 3.63) is 69.8 Å². The number of rotatable bonds is 5. The van der Waals surface area contributed by atoms with Gasteiger partial charge in [0.25, 0.3) is 5.91 Å². The lowest BCUT2D eigenvalue weighted by molar-refractivity contribution is 0.0925. The minimum absolute atomic E-state index is 0.0237. The van der Waals surface area contributed by atoms with Gasteiger partial charge in [0, 0.05) is 24.3 Å². The van der Waals surface area contributed by atoms with Crippen molar-refractivity contribution in [2.75, 3.05) is 0 Å². The number of pyridine rings is 2. The molecule has 176 valence electrons. The number of nitrogens with zero attached hydrogens (tertiary/aromatic N) is 7. The van der Waals surface area contributed by atoms with Crippen LogP contribution in [0.2, 0.25) is 0 Å². The van der Waals surface area contributed by atoms with E-state index in [0.717, 1.165) is 52.0 Å². The highest BCUT2D eigenvalue weighted by atomic mass is 79.9. The monoisotopic (exact) mass is 548 g/mol. The van der Waals surface area contributed by atoms with E-state index in [9.17, 15) is 4.79 Å². The summed E-state index contributed by atoms with van der Waals surface area (Å²) in [5, 5.41) is 11.2. The maximum absolute atomic E-state index is 12.8. The molecule has 0 unspecified atom stereocenters. The maximum Gasteiger partial charge on any atom is 0.261 e. The average molecular weight is 549 g/mol. The second-order valence-electron chi connectivity index (χ2n) is 8.49. The zero-order chi connectivity index (χ0) is 23.8. The molecule has 1 fully saturated rings. The van der Waals surface area contributed by atoms with Crippen LogP contribution in [0.25, 0.3) is 28.4 Å². The normalized spacial score (nSPS) is 18.1. The fourth-order valence-electron chi connectivity index (χ4n) is 4.71. The molecule has 1 saturated carbocycles. The van der Waals surface area contributed by atoms with E-state index in [2.05, 4.69) is 46.1 Å². The van der Waals surface area contributed by atoms with Crippen LogP contribution in [0.3, 0.4) is 0 Å². The van der Waals surface area contributed by atoms with Crippen molar-refractivity contribution in [2.45, 2.75) is 37.8 Å². The maximum atomic E-state index is 12.8. The van der Waals surface area contributed by atoms with Crippen LogP contribution in [-0.4, -0.2) is 46.5 Å². The van der Waals surface area contributed by atoms with Crippen molar-refractivity contribution in [3.8, 4) is 17.3 Å². The first-order valence-electron chi connectivity index (χ1n) is 11.4. The van der Waals surface area contributed by atoms with Crippen molar-refractivity contribution in [2.24, 2.45) is 0 Å². The number of thiophene rings is 1. The molecule has 5 heterocycles. The molecule has 9 nitrogen and oxygen atoms in total. The average Bonchev–Trinajstić information content (AvgIpc) is 3.64. The molecule has 0 aliphatic heterocycles. The Morgan fingerprint density at radius 2 is 2.09 bits per heavy atom. The van der Waals surface area contributed by atoms with Gasteiger partial charge >= 0.3 is 0 Å². The van der Waals surface area contributed by atoms with E-state index in [-0.39, 0.29) is 18.0 Å². The molecule has 5 aromatic heterocycles. The number of fused-ring (bicyclic) bond motifs is 1. The molecule has 6 rings (SSSR count). The van der Waals surface area contributed by atoms with E-state index in [1.54, 1.807) is 29.5 Å². The summed E-state index contributed by atoms with van der Waals surface area (Å²) < 4.78 is 4.85. The molecule has 0 spiro atoms. The molecule has 2 atom stereocenters. The highest BCUT2D eigenvalue weighted by molar-refractivity contribution is 9.11. The highest BCUT2D eigenvalue weighted by Crippen LogP contribution is 2.36. The lowest BCUT2D eigenvalue weighted by Gasteiger charge is -2.31. The van der Waals surface area contributed by atoms with Crippen LogP contribution >= 0.6 is 27.3 Å². The Morgan fingerprint density at radius 3 is 2.86 bits per heavy atom. The molecule has 11 heteroatoms. The Hall–Kier alpha value is -3.44. The third-order valence-electron chi connectivity index (χ3n) is 6.26. The van der Waals surface area contributed by atoms with E-state index < -0.39 is 0 Å². The van der Waals surface area contributed by atoms with E-state index >= 15 is 0 Å². The molecule has 1 N–H and O–H groups in total. The number of imidazole rings is 1. The van der Waals surface area contributed by atoms with Crippen LogP contribution in [0.15, 0.2) is 65.0 Å². The van der Waals surface area contributed by atoms with Gasteiger partial charge in [-0.15, -0.1) is 16.4 Å². The quantitative estimate of drug-likeness (QED) is 0.338. The standard InChI is InChI=1S/C24H21BrN8OS/c25-21-8-7-20(35-21)24(34)29-15-4-3-5-16(12-15)33-19-13-22(32-11-10-28-31-32)27-14-18(19)30-23(33)17-6-1-2-9-26-17/h1-2,6-11,13-16H,3-5,12H2,(H,29,34)/t15-,16+/m0/s1. The fraction of sp³-hybridized carbons (Fsp3) is 0.250. The molecular weight excluding hydrogens is 528 g/mol. The Labute approximate surface area is 213 Å². The van der Waals surface area contributed by atoms with Gasteiger partial charge < -0.3 is 9.88 Å². The lowest BCUT2D eigenvalue weighted by Crippen LogP contribution is -2.38. The van der Waals surface area contributed by atoms with Crippen LogP contribution in [0.5, 0.6) is 0 Å². The molecule has 0 saturated heterocycles. The van der Waals surface area contributed by atoms with E-state index in [4.69, 9.17) is 4.98 Å². The van der Waals surface area contributed by atoms with Gasteiger partial charge in [0.2, 0.25) is 0 Å². The third-order valence-corrected chi connectivity index (χ3v) is 7.88. The Morgan fingerprint density at radius 1 is 1.14 bits per heavy atom. The molecule has 0 bridgehead atoms. The molecule has 35 heavy (non-hydrogen) atoms. The zero-order valence-corrected chi connectivity index (χ0v) is 21.0. The Bertz CT molecular complexity index is 1480. The van der Waals surface area contributed by atoms with Gasteiger partial charge in [-0.3, -0.25) is 9.78 Å². The first-order valence-corrected chi connectivity index (χ1v) is 13.0. The molecule has 0 aromatic carbocycles. The van der Waals surface area contributed by atoms with Gasteiger partial charge in [0.15, 0.2) is 11.6 Å². The third kappa shape index (κ3) is 4.37. The number of hydrogen-bond acceptors (Lipinski definition) is 7. The van der Waals surface area contributed by atoms with Crippen molar-refractivity contribution in [1.29, 1.82) is 0 Å². The summed E-state index contributed by atoms with van der Waals surface area (Å²) in [4.78, 5) is 27.6. The van der Waals surface area contributed by atoms with Crippen LogP contribution < -0.4 is 5.32 Å². The number of carbonyl (C=O) groups is 1. The summed E-state index contributed by atoms with van der Waals surface area (Å²) >= 11 is 4.89. The summed E-state index contributed by atoms with van der Waals surface area (Å²) in [6.07, 6.45) is 10.7. The molecule has 1 aliphatic carbocycles. The summed E-state index contributed by atoms with van der Waals surface area (Å²) in [7, 11) is 0. The van der Waals surface area contributed by atoms with E-state index in [1.807, 2.05) is 36.4 Å². The predicted octanol–water partition coefficient (Wildman–Crippen LogP) is 4.81. The lowest BCUT2D eigenvalue weighted by atomic mass is 9.90. The molecule has 5 aromatic rings. The van der Waals surface area contributed by atoms with Crippen LogP contribution in [0, 0.1) is 0 Å².